The number of unbranched alkanes of at least 4 members (excludes halogenated alkanes) is 18. The number of rotatable bonds is 29. The van der Waals surface area contributed by atoms with Crippen molar-refractivity contribution in [2.24, 2.45) is 5.92 Å². The van der Waals surface area contributed by atoms with Crippen LogP contribution in [0.1, 0.15) is 221 Å². The standard InChI is InChI=1S/C24H48.C11H24.C5H13N/c1-5-8-11-12-13-14-15-17-18-23(4)21-22-24(19-10-7-3)20-16-9-6-2;1-3-5-7-9-11-10-8-6-4-2;1-4-5-6(2)3/h24H,4-22H2,1-3H3;3-11H2,1-2H3;4-5H2,1-3H3. The summed E-state index contributed by atoms with van der Waals surface area (Å²) >= 11 is 0. The first-order chi connectivity index (χ1) is 19.9. The highest BCUT2D eigenvalue weighted by Gasteiger charge is 2.09. The van der Waals surface area contributed by atoms with Crippen molar-refractivity contribution in [2.45, 2.75) is 221 Å². The molecule has 0 saturated carbocycles. The van der Waals surface area contributed by atoms with Gasteiger partial charge in [-0.25, -0.2) is 0 Å². The van der Waals surface area contributed by atoms with E-state index in [0.29, 0.717) is 0 Å². The highest BCUT2D eigenvalue weighted by atomic mass is 15.0. The van der Waals surface area contributed by atoms with Crippen LogP contribution < -0.4 is 0 Å². The van der Waals surface area contributed by atoms with Crippen LogP contribution >= 0.6 is 0 Å². The van der Waals surface area contributed by atoms with E-state index in [9.17, 15) is 0 Å². The predicted octanol–water partition coefficient (Wildman–Crippen LogP) is 14.7. The Hall–Kier alpha value is -0.300. The minimum Gasteiger partial charge on any atom is -0.309 e. The van der Waals surface area contributed by atoms with Gasteiger partial charge in [0.1, 0.15) is 0 Å². The summed E-state index contributed by atoms with van der Waals surface area (Å²) in [6.45, 7) is 19.2. The van der Waals surface area contributed by atoms with Crippen LogP contribution in [0, 0.1) is 5.92 Å². The smallest absolute Gasteiger partial charge is 0.00275 e. The highest BCUT2D eigenvalue weighted by molar-refractivity contribution is 4.94. The Kier molecular flexibility index (Phi) is 46.1. The van der Waals surface area contributed by atoms with Gasteiger partial charge in [-0.05, 0) is 58.7 Å². The first kappa shape index (κ1) is 45.1. The Morgan fingerprint density at radius 2 is 0.780 bits per heavy atom. The van der Waals surface area contributed by atoms with Gasteiger partial charge in [0, 0.05) is 0 Å². The Labute approximate surface area is 264 Å². The molecule has 0 radical (unpaired) electrons. The van der Waals surface area contributed by atoms with Gasteiger partial charge in [-0.1, -0.05) is 201 Å². The molecule has 1 heteroatoms. The predicted molar refractivity (Wildman–Crippen MR) is 195 cm³/mol. The van der Waals surface area contributed by atoms with Gasteiger partial charge < -0.3 is 4.90 Å². The lowest BCUT2D eigenvalue weighted by molar-refractivity contribution is 0.388. The van der Waals surface area contributed by atoms with Crippen molar-refractivity contribution in [3.8, 4) is 0 Å². The van der Waals surface area contributed by atoms with Gasteiger partial charge in [-0.2, -0.15) is 0 Å². The molecule has 1 nitrogen and oxygen atoms in total. The molecule has 0 heterocycles. The fourth-order valence-electron chi connectivity index (χ4n) is 5.48. The summed E-state index contributed by atoms with van der Waals surface area (Å²) in [7, 11) is 4.17. The minimum absolute atomic E-state index is 0.965. The van der Waals surface area contributed by atoms with E-state index < -0.39 is 0 Å². The van der Waals surface area contributed by atoms with E-state index in [2.05, 4.69) is 67.1 Å². The van der Waals surface area contributed by atoms with Crippen LogP contribution in [0.15, 0.2) is 12.2 Å². The summed E-state index contributed by atoms with van der Waals surface area (Å²) in [6.07, 6.45) is 39.4. The molecule has 0 aliphatic rings. The summed E-state index contributed by atoms with van der Waals surface area (Å²) in [6, 6.07) is 0. The number of hydrogen-bond acceptors (Lipinski definition) is 1. The third-order valence-electron chi connectivity index (χ3n) is 8.35. The quantitative estimate of drug-likeness (QED) is 0.0629. The van der Waals surface area contributed by atoms with Crippen molar-refractivity contribution in [2.75, 3.05) is 20.6 Å². The zero-order valence-corrected chi connectivity index (χ0v) is 30.7. The summed E-state index contributed by atoms with van der Waals surface area (Å²) in [4.78, 5) is 2.18. The molecule has 0 aromatic heterocycles. The lowest BCUT2D eigenvalue weighted by Crippen LogP contribution is -2.11. The van der Waals surface area contributed by atoms with Crippen molar-refractivity contribution < 1.29 is 0 Å². The first-order valence-corrected chi connectivity index (χ1v) is 19.2. The molecule has 41 heavy (non-hydrogen) atoms. The Balaban J connectivity index is -0.000000695. The second-order valence-corrected chi connectivity index (χ2v) is 13.3. The summed E-state index contributed by atoms with van der Waals surface area (Å²) in [5, 5.41) is 0. The van der Waals surface area contributed by atoms with Gasteiger partial charge in [0.05, 0.1) is 0 Å². The molecule has 0 N–H and O–H groups in total. The molecule has 0 bridgehead atoms. The van der Waals surface area contributed by atoms with Crippen LogP contribution in [0.4, 0.5) is 0 Å². The van der Waals surface area contributed by atoms with Crippen molar-refractivity contribution >= 4 is 0 Å². The third kappa shape index (κ3) is 46.9. The van der Waals surface area contributed by atoms with Crippen LogP contribution in [0.5, 0.6) is 0 Å². The molecule has 0 amide bonds. The monoisotopic (exact) mass is 580 g/mol. The largest absolute Gasteiger partial charge is 0.309 e. The van der Waals surface area contributed by atoms with Gasteiger partial charge in [0.2, 0.25) is 0 Å². The Morgan fingerprint density at radius 1 is 0.415 bits per heavy atom. The Bertz CT molecular complexity index is 432. The molecule has 0 rings (SSSR count). The molecular weight excluding hydrogens is 494 g/mol. The lowest BCUT2D eigenvalue weighted by Gasteiger charge is -2.17. The van der Waals surface area contributed by atoms with Crippen LogP contribution in [0.25, 0.3) is 0 Å². The average molecular weight is 580 g/mol. The zero-order chi connectivity index (χ0) is 31.2. The van der Waals surface area contributed by atoms with Crippen molar-refractivity contribution in [1.82, 2.24) is 4.90 Å². The molecule has 1 unspecified atom stereocenters. The second-order valence-electron chi connectivity index (χ2n) is 13.3. The van der Waals surface area contributed by atoms with Crippen LogP contribution in [-0.2, 0) is 0 Å². The van der Waals surface area contributed by atoms with Gasteiger partial charge in [0.15, 0.2) is 0 Å². The van der Waals surface area contributed by atoms with E-state index >= 15 is 0 Å². The summed E-state index contributed by atoms with van der Waals surface area (Å²) in [5.41, 5.74) is 1.53. The normalized spacial score (nSPS) is 11.5. The van der Waals surface area contributed by atoms with Crippen molar-refractivity contribution in [3.63, 3.8) is 0 Å². The molecule has 0 aliphatic carbocycles. The molecule has 0 aromatic rings. The van der Waals surface area contributed by atoms with E-state index in [1.54, 1.807) is 0 Å². The van der Waals surface area contributed by atoms with E-state index in [0.717, 1.165) is 5.92 Å². The van der Waals surface area contributed by atoms with E-state index in [-0.39, 0.29) is 0 Å². The molecule has 0 saturated heterocycles. The lowest BCUT2D eigenvalue weighted by atomic mass is 9.89. The van der Waals surface area contributed by atoms with Crippen molar-refractivity contribution in [3.05, 3.63) is 12.2 Å². The van der Waals surface area contributed by atoms with Crippen LogP contribution in [-0.4, -0.2) is 25.5 Å². The molecule has 0 spiro atoms. The SMILES string of the molecule is C=C(CCCCCCCCCC)CCC(CCCC)CCCCC.CCCCCCCCCCC.CCCN(C)C. The molecule has 0 fully saturated rings. The molecule has 250 valence electrons. The van der Waals surface area contributed by atoms with Gasteiger partial charge in [0.25, 0.3) is 0 Å². The van der Waals surface area contributed by atoms with Crippen LogP contribution in [0.2, 0.25) is 0 Å². The van der Waals surface area contributed by atoms with E-state index in [1.165, 1.54) is 192 Å². The number of nitrogens with zero attached hydrogens (tertiary/aromatic N) is 1. The van der Waals surface area contributed by atoms with E-state index in [1.807, 2.05) is 0 Å². The average Bonchev–Trinajstić information content (AvgIpc) is 2.96. The topological polar surface area (TPSA) is 3.24 Å². The number of allylic oxidation sites excluding steroid dienone is 1. The molecule has 0 aromatic carbocycles. The van der Waals surface area contributed by atoms with Gasteiger partial charge >= 0.3 is 0 Å². The van der Waals surface area contributed by atoms with Crippen molar-refractivity contribution in [1.29, 1.82) is 0 Å². The van der Waals surface area contributed by atoms with E-state index in [4.69, 9.17) is 0 Å². The molecule has 1 atom stereocenters. The van der Waals surface area contributed by atoms with Gasteiger partial charge in [-0.15, -0.1) is 0 Å². The maximum atomic E-state index is 4.36. The van der Waals surface area contributed by atoms with Gasteiger partial charge in [-0.3, -0.25) is 0 Å². The fourth-order valence-corrected chi connectivity index (χ4v) is 5.48. The summed E-state index contributed by atoms with van der Waals surface area (Å²) in [5.74, 6) is 0.965. The molecule has 0 aliphatic heterocycles. The fraction of sp³-hybridized carbons (Fsp3) is 0.950. The highest BCUT2D eigenvalue weighted by Crippen LogP contribution is 2.25. The first-order valence-electron chi connectivity index (χ1n) is 19.2. The Morgan fingerprint density at radius 3 is 1.15 bits per heavy atom. The zero-order valence-electron chi connectivity index (χ0n) is 30.7. The molecular formula is C40H85N. The second kappa shape index (κ2) is 41.8. The van der Waals surface area contributed by atoms with Crippen LogP contribution in [0.3, 0.4) is 0 Å². The number of hydrogen-bond donors (Lipinski definition) is 0. The third-order valence-corrected chi connectivity index (χ3v) is 8.35. The summed E-state index contributed by atoms with van der Waals surface area (Å²) < 4.78 is 0. The minimum atomic E-state index is 0.965. The maximum absolute atomic E-state index is 4.36. The maximum Gasteiger partial charge on any atom is -0.00275 e.